The molecular weight excluding hydrogens is 264 g/mol. The van der Waals surface area contributed by atoms with Crippen LogP contribution >= 0.6 is 0 Å². The molecule has 0 aromatic carbocycles. The number of rotatable bonds is 11. The SMILES string of the molecule is CC(C)(C)OC(=O)NCCOCCCOCOCCN. The van der Waals surface area contributed by atoms with Crippen molar-refractivity contribution in [3.8, 4) is 0 Å². The minimum absolute atomic E-state index is 0.261. The topological polar surface area (TPSA) is 92.0 Å². The number of carbonyl (C=O) groups is 1. The summed E-state index contributed by atoms with van der Waals surface area (Å²) in [7, 11) is 0. The molecule has 0 rings (SSSR count). The van der Waals surface area contributed by atoms with Crippen LogP contribution in [0.5, 0.6) is 0 Å². The smallest absolute Gasteiger partial charge is 0.407 e. The van der Waals surface area contributed by atoms with Gasteiger partial charge < -0.3 is 30.0 Å². The van der Waals surface area contributed by atoms with Crippen molar-refractivity contribution in [2.45, 2.75) is 32.8 Å². The summed E-state index contributed by atoms with van der Waals surface area (Å²) >= 11 is 0. The van der Waals surface area contributed by atoms with Crippen LogP contribution in [0, 0.1) is 0 Å². The minimum atomic E-state index is -0.478. The van der Waals surface area contributed by atoms with Crippen LogP contribution in [0.4, 0.5) is 4.79 Å². The van der Waals surface area contributed by atoms with E-state index in [1.165, 1.54) is 0 Å². The third kappa shape index (κ3) is 15.2. The van der Waals surface area contributed by atoms with E-state index >= 15 is 0 Å². The number of alkyl carbamates (subject to hydrolysis) is 1. The first kappa shape index (κ1) is 19.1. The molecule has 120 valence electrons. The second kappa shape index (κ2) is 11.9. The summed E-state index contributed by atoms with van der Waals surface area (Å²) in [5.74, 6) is 0. The standard InChI is InChI=1S/C13H28N2O5/c1-13(2,3)20-12(16)15-6-10-17-7-4-8-18-11-19-9-5-14/h4-11,14H2,1-3H3,(H,15,16). The molecule has 0 unspecified atom stereocenters. The zero-order valence-corrected chi connectivity index (χ0v) is 12.8. The summed E-state index contributed by atoms with van der Waals surface area (Å²) < 4.78 is 20.6. The normalized spacial score (nSPS) is 11.4. The van der Waals surface area contributed by atoms with Crippen LogP contribution in [0.1, 0.15) is 27.2 Å². The summed E-state index contributed by atoms with van der Waals surface area (Å²) in [6, 6.07) is 0. The summed E-state index contributed by atoms with van der Waals surface area (Å²) in [5.41, 5.74) is 4.78. The molecule has 0 aromatic rings. The molecule has 0 bridgehead atoms. The molecule has 7 nitrogen and oxygen atoms in total. The van der Waals surface area contributed by atoms with Gasteiger partial charge in [0.2, 0.25) is 0 Å². The minimum Gasteiger partial charge on any atom is -0.444 e. The zero-order valence-electron chi connectivity index (χ0n) is 12.8. The molecule has 1 amide bonds. The Balaban J connectivity index is 3.19. The first-order chi connectivity index (χ1) is 9.45. The predicted molar refractivity (Wildman–Crippen MR) is 75.5 cm³/mol. The maximum absolute atomic E-state index is 11.3. The average molecular weight is 292 g/mol. The van der Waals surface area contributed by atoms with Crippen molar-refractivity contribution in [2.24, 2.45) is 5.73 Å². The van der Waals surface area contributed by atoms with Gasteiger partial charge in [0, 0.05) is 19.7 Å². The number of nitrogens with two attached hydrogens (primary N) is 1. The second-order valence-electron chi connectivity index (χ2n) is 5.12. The summed E-state index contributed by atoms with van der Waals surface area (Å²) in [6.45, 7) is 8.75. The number of hydrogen-bond donors (Lipinski definition) is 2. The lowest BCUT2D eigenvalue weighted by Gasteiger charge is -2.19. The Morgan fingerprint density at radius 3 is 2.35 bits per heavy atom. The highest BCUT2D eigenvalue weighted by Crippen LogP contribution is 2.05. The van der Waals surface area contributed by atoms with Crippen molar-refractivity contribution in [1.29, 1.82) is 0 Å². The fourth-order valence-corrected chi connectivity index (χ4v) is 1.16. The second-order valence-corrected chi connectivity index (χ2v) is 5.12. The van der Waals surface area contributed by atoms with E-state index in [1.807, 2.05) is 20.8 Å². The van der Waals surface area contributed by atoms with Crippen molar-refractivity contribution < 1.29 is 23.7 Å². The molecule has 0 saturated heterocycles. The molecule has 20 heavy (non-hydrogen) atoms. The molecule has 3 N–H and O–H groups in total. The van der Waals surface area contributed by atoms with Gasteiger partial charge in [0.05, 0.1) is 19.8 Å². The van der Waals surface area contributed by atoms with Gasteiger partial charge >= 0.3 is 6.09 Å². The van der Waals surface area contributed by atoms with E-state index in [9.17, 15) is 4.79 Å². The van der Waals surface area contributed by atoms with Gasteiger partial charge in [-0.1, -0.05) is 0 Å². The molecule has 0 saturated carbocycles. The van der Waals surface area contributed by atoms with E-state index in [0.29, 0.717) is 39.5 Å². The number of ether oxygens (including phenoxy) is 4. The van der Waals surface area contributed by atoms with Crippen molar-refractivity contribution in [3.63, 3.8) is 0 Å². The van der Waals surface area contributed by atoms with Crippen LogP contribution in [0.3, 0.4) is 0 Å². The van der Waals surface area contributed by atoms with Crippen LogP contribution < -0.4 is 11.1 Å². The Bertz CT molecular complexity index is 243. The quantitative estimate of drug-likeness (QED) is 0.433. The van der Waals surface area contributed by atoms with Crippen LogP contribution in [0.25, 0.3) is 0 Å². The molecule has 0 aliphatic heterocycles. The van der Waals surface area contributed by atoms with E-state index in [2.05, 4.69) is 5.32 Å². The molecule has 0 aliphatic rings. The highest BCUT2D eigenvalue weighted by Gasteiger charge is 2.15. The Morgan fingerprint density at radius 2 is 1.70 bits per heavy atom. The van der Waals surface area contributed by atoms with E-state index in [1.54, 1.807) is 0 Å². The highest BCUT2D eigenvalue weighted by molar-refractivity contribution is 5.67. The van der Waals surface area contributed by atoms with Crippen molar-refractivity contribution >= 4 is 6.09 Å². The largest absolute Gasteiger partial charge is 0.444 e. The van der Waals surface area contributed by atoms with E-state index in [0.717, 1.165) is 6.42 Å². The molecule has 0 atom stereocenters. The van der Waals surface area contributed by atoms with Crippen LogP contribution in [0.15, 0.2) is 0 Å². The Hall–Kier alpha value is -0.890. The molecule has 0 aliphatic carbocycles. The van der Waals surface area contributed by atoms with Gasteiger partial charge in [0.25, 0.3) is 0 Å². The Morgan fingerprint density at radius 1 is 1.05 bits per heavy atom. The first-order valence-corrected chi connectivity index (χ1v) is 6.86. The third-order valence-corrected chi connectivity index (χ3v) is 1.92. The van der Waals surface area contributed by atoms with Crippen molar-refractivity contribution in [1.82, 2.24) is 5.32 Å². The van der Waals surface area contributed by atoms with Crippen LogP contribution in [0.2, 0.25) is 0 Å². The fraction of sp³-hybridized carbons (Fsp3) is 0.923. The van der Waals surface area contributed by atoms with Crippen molar-refractivity contribution in [3.05, 3.63) is 0 Å². The molecule has 0 heterocycles. The van der Waals surface area contributed by atoms with Gasteiger partial charge in [0.1, 0.15) is 12.4 Å². The summed E-state index contributed by atoms with van der Waals surface area (Å²) in [6.07, 6.45) is 0.347. The lowest BCUT2D eigenvalue weighted by Crippen LogP contribution is -2.34. The molecule has 0 radical (unpaired) electrons. The zero-order chi connectivity index (χ0) is 15.3. The van der Waals surface area contributed by atoms with Gasteiger partial charge in [-0.3, -0.25) is 0 Å². The van der Waals surface area contributed by atoms with E-state index in [-0.39, 0.29) is 6.79 Å². The molecule has 0 spiro atoms. The third-order valence-electron chi connectivity index (χ3n) is 1.92. The van der Waals surface area contributed by atoms with Crippen LogP contribution in [-0.4, -0.2) is 58.0 Å². The van der Waals surface area contributed by atoms with Crippen molar-refractivity contribution in [2.75, 3.05) is 46.3 Å². The lowest BCUT2D eigenvalue weighted by molar-refractivity contribution is -0.0557. The lowest BCUT2D eigenvalue weighted by atomic mass is 10.2. The maximum Gasteiger partial charge on any atom is 0.407 e. The number of amides is 1. The summed E-state index contributed by atoms with van der Waals surface area (Å²) in [4.78, 5) is 11.3. The highest BCUT2D eigenvalue weighted by atomic mass is 16.7. The number of carbonyl (C=O) groups excluding carboxylic acids is 1. The predicted octanol–water partition coefficient (Wildman–Crippen LogP) is 0.867. The fourth-order valence-electron chi connectivity index (χ4n) is 1.16. The molecular formula is C13H28N2O5. The maximum atomic E-state index is 11.3. The van der Waals surface area contributed by atoms with Gasteiger partial charge in [-0.05, 0) is 27.2 Å². The summed E-state index contributed by atoms with van der Waals surface area (Å²) in [5, 5.41) is 2.62. The van der Waals surface area contributed by atoms with Gasteiger partial charge in [-0.2, -0.15) is 0 Å². The molecule has 0 aromatic heterocycles. The molecule has 0 fully saturated rings. The Kier molecular flexibility index (Phi) is 11.4. The number of hydrogen-bond acceptors (Lipinski definition) is 6. The van der Waals surface area contributed by atoms with Crippen LogP contribution in [-0.2, 0) is 18.9 Å². The monoisotopic (exact) mass is 292 g/mol. The van der Waals surface area contributed by atoms with Gasteiger partial charge in [-0.15, -0.1) is 0 Å². The van der Waals surface area contributed by atoms with E-state index in [4.69, 9.17) is 24.7 Å². The van der Waals surface area contributed by atoms with Gasteiger partial charge in [0.15, 0.2) is 0 Å². The average Bonchev–Trinajstić information content (AvgIpc) is 2.34. The first-order valence-electron chi connectivity index (χ1n) is 6.86. The Labute approximate surface area is 121 Å². The number of nitrogens with one attached hydrogen (secondary N) is 1. The van der Waals surface area contributed by atoms with E-state index < -0.39 is 11.7 Å². The van der Waals surface area contributed by atoms with Gasteiger partial charge in [-0.25, -0.2) is 4.79 Å². The molecule has 7 heteroatoms.